The Morgan fingerprint density at radius 1 is 1.20 bits per heavy atom. The molecule has 7 heteroatoms. The van der Waals surface area contributed by atoms with E-state index in [0.29, 0.717) is 24.6 Å². The molecule has 1 fully saturated rings. The Morgan fingerprint density at radius 3 is 2.20 bits per heavy atom. The molecule has 0 spiro atoms. The van der Waals surface area contributed by atoms with Gasteiger partial charge in [-0.1, -0.05) is 0 Å². The molecular formula is C13H18N4O3. The van der Waals surface area contributed by atoms with Gasteiger partial charge in [0.1, 0.15) is 11.5 Å². The number of piperazine rings is 1. The smallest absolute Gasteiger partial charge is 0.407 e. The van der Waals surface area contributed by atoms with Crippen LogP contribution in [0.25, 0.3) is 0 Å². The molecule has 0 unspecified atom stereocenters. The van der Waals surface area contributed by atoms with Crippen LogP contribution in [0.1, 0.15) is 31.3 Å². The van der Waals surface area contributed by atoms with Crippen molar-refractivity contribution in [3.05, 3.63) is 18.1 Å². The average molecular weight is 278 g/mol. The summed E-state index contributed by atoms with van der Waals surface area (Å²) in [6.45, 7) is 6.30. The quantitative estimate of drug-likeness (QED) is 0.819. The number of anilines is 1. The third-order valence-electron chi connectivity index (χ3n) is 3.46. The van der Waals surface area contributed by atoms with Gasteiger partial charge < -0.3 is 10.0 Å². The number of hydrogen-bond acceptors (Lipinski definition) is 5. The molecule has 1 amide bonds. The molecule has 108 valence electrons. The molecule has 2 rings (SSSR count). The predicted molar refractivity (Wildman–Crippen MR) is 73.0 cm³/mol. The molecule has 2 atom stereocenters. The van der Waals surface area contributed by atoms with Crippen LogP contribution in [-0.2, 0) is 0 Å². The minimum atomic E-state index is -0.900. The zero-order chi connectivity index (χ0) is 14.9. The van der Waals surface area contributed by atoms with Crippen LogP contribution < -0.4 is 4.90 Å². The summed E-state index contributed by atoms with van der Waals surface area (Å²) in [5.41, 5.74) is 0.332. The molecule has 0 aliphatic carbocycles. The number of aromatic nitrogens is 2. The molecule has 20 heavy (non-hydrogen) atoms. The second kappa shape index (κ2) is 5.44. The summed E-state index contributed by atoms with van der Waals surface area (Å²) in [5.74, 6) is 0.542. The molecule has 0 saturated carbocycles. The van der Waals surface area contributed by atoms with E-state index >= 15 is 0 Å². The van der Waals surface area contributed by atoms with Gasteiger partial charge in [-0.2, -0.15) is 0 Å². The molecule has 1 aliphatic rings. The SMILES string of the molecule is CC(=O)c1cnc(N2C[C@@H](C)N(C(=O)O)[C@H](C)C2)cn1. The van der Waals surface area contributed by atoms with Crippen LogP contribution in [-0.4, -0.2) is 57.0 Å². The molecular weight excluding hydrogens is 260 g/mol. The van der Waals surface area contributed by atoms with Crippen molar-refractivity contribution in [2.75, 3.05) is 18.0 Å². The lowest BCUT2D eigenvalue weighted by Crippen LogP contribution is -2.58. The molecule has 1 N–H and O–H groups in total. The Bertz CT molecular complexity index is 505. The Labute approximate surface area is 117 Å². The van der Waals surface area contributed by atoms with E-state index in [9.17, 15) is 14.7 Å². The first-order valence-corrected chi connectivity index (χ1v) is 6.49. The minimum absolute atomic E-state index is 0.120. The van der Waals surface area contributed by atoms with E-state index in [-0.39, 0.29) is 17.9 Å². The molecule has 1 aliphatic heterocycles. The summed E-state index contributed by atoms with van der Waals surface area (Å²) in [6.07, 6.45) is 2.12. The molecule has 0 radical (unpaired) electrons. The van der Waals surface area contributed by atoms with Crippen LogP contribution >= 0.6 is 0 Å². The number of hydrogen-bond donors (Lipinski definition) is 1. The highest BCUT2D eigenvalue weighted by molar-refractivity contribution is 5.91. The van der Waals surface area contributed by atoms with Crippen molar-refractivity contribution in [2.45, 2.75) is 32.9 Å². The van der Waals surface area contributed by atoms with Gasteiger partial charge in [0.2, 0.25) is 0 Å². The molecule has 7 nitrogen and oxygen atoms in total. The number of rotatable bonds is 2. The number of nitrogens with zero attached hydrogens (tertiary/aromatic N) is 4. The second-order valence-electron chi connectivity index (χ2n) is 5.11. The van der Waals surface area contributed by atoms with Crippen molar-refractivity contribution < 1.29 is 14.7 Å². The van der Waals surface area contributed by atoms with Crippen LogP contribution in [0.5, 0.6) is 0 Å². The first-order chi connectivity index (χ1) is 9.40. The molecule has 2 heterocycles. The summed E-state index contributed by atoms with van der Waals surface area (Å²) >= 11 is 0. The highest BCUT2D eigenvalue weighted by Gasteiger charge is 2.33. The Kier molecular flexibility index (Phi) is 3.87. The highest BCUT2D eigenvalue weighted by atomic mass is 16.4. The topological polar surface area (TPSA) is 86.6 Å². The lowest BCUT2D eigenvalue weighted by Gasteiger charge is -2.43. The number of amides is 1. The summed E-state index contributed by atoms with van der Waals surface area (Å²) in [6, 6.07) is -0.240. The van der Waals surface area contributed by atoms with Gasteiger partial charge in [0, 0.05) is 20.0 Å². The van der Waals surface area contributed by atoms with Crippen LogP contribution in [0.4, 0.5) is 10.6 Å². The minimum Gasteiger partial charge on any atom is -0.465 e. The van der Waals surface area contributed by atoms with E-state index < -0.39 is 6.09 Å². The Hall–Kier alpha value is -2.18. The van der Waals surface area contributed by atoms with E-state index in [2.05, 4.69) is 9.97 Å². The van der Waals surface area contributed by atoms with E-state index in [1.807, 2.05) is 18.7 Å². The zero-order valence-electron chi connectivity index (χ0n) is 11.8. The van der Waals surface area contributed by atoms with Gasteiger partial charge in [-0.05, 0) is 13.8 Å². The zero-order valence-corrected chi connectivity index (χ0v) is 11.8. The van der Waals surface area contributed by atoms with Crippen molar-refractivity contribution in [3.8, 4) is 0 Å². The van der Waals surface area contributed by atoms with E-state index in [4.69, 9.17) is 0 Å². The molecule has 0 bridgehead atoms. The van der Waals surface area contributed by atoms with E-state index in [1.165, 1.54) is 18.0 Å². The third kappa shape index (κ3) is 2.71. The second-order valence-corrected chi connectivity index (χ2v) is 5.11. The maximum absolute atomic E-state index is 11.2. The lowest BCUT2D eigenvalue weighted by atomic mass is 10.1. The van der Waals surface area contributed by atoms with E-state index in [1.54, 1.807) is 6.20 Å². The van der Waals surface area contributed by atoms with Gasteiger partial charge in [-0.15, -0.1) is 0 Å². The van der Waals surface area contributed by atoms with Crippen LogP contribution in [0.3, 0.4) is 0 Å². The summed E-state index contributed by atoms with van der Waals surface area (Å²) < 4.78 is 0. The van der Waals surface area contributed by atoms with Crippen molar-refractivity contribution in [2.24, 2.45) is 0 Å². The van der Waals surface area contributed by atoms with Gasteiger partial charge in [-0.3, -0.25) is 9.69 Å². The monoisotopic (exact) mass is 278 g/mol. The number of ketones is 1. The molecule has 0 aromatic carbocycles. The van der Waals surface area contributed by atoms with Crippen molar-refractivity contribution in [1.29, 1.82) is 0 Å². The number of carbonyl (C=O) groups excluding carboxylic acids is 1. The van der Waals surface area contributed by atoms with Gasteiger partial charge in [0.05, 0.1) is 24.5 Å². The third-order valence-corrected chi connectivity index (χ3v) is 3.46. The Morgan fingerprint density at radius 2 is 1.80 bits per heavy atom. The highest BCUT2D eigenvalue weighted by Crippen LogP contribution is 2.20. The van der Waals surface area contributed by atoms with Gasteiger partial charge in [0.25, 0.3) is 0 Å². The van der Waals surface area contributed by atoms with Crippen molar-refractivity contribution >= 4 is 17.7 Å². The number of carboxylic acid groups (broad SMARTS) is 1. The van der Waals surface area contributed by atoms with Crippen molar-refractivity contribution in [3.63, 3.8) is 0 Å². The summed E-state index contributed by atoms with van der Waals surface area (Å²) in [7, 11) is 0. The first kappa shape index (κ1) is 14.2. The molecule has 1 aromatic rings. The van der Waals surface area contributed by atoms with Crippen LogP contribution in [0.2, 0.25) is 0 Å². The molecule has 1 saturated heterocycles. The summed E-state index contributed by atoms with van der Waals surface area (Å²) in [5, 5.41) is 9.18. The standard InChI is InChI=1S/C13H18N4O3/c1-8-6-16(7-9(2)17(8)13(19)20)12-5-14-11(4-15-12)10(3)18/h4-5,8-9H,6-7H2,1-3H3,(H,19,20)/t8-,9-/m1/s1. The number of carbonyl (C=O) groups is 2. The van der Waals surface area contributed by atoms with Crippen LogP contribution in [0.15, 0.2) is 12.4 Å². The number of Topliss-reactive ketones (excluding diaryl/α,β-unsaturated/α-hetero) is 1. The summed E-state index contributed by atoms with van der Waals surface area (Å²) in [4.78, 5) is 34.1. The fraction of sp³-hybridized carbons (Fsp3) is 0.538. The van der Waals surface area contributed by atoms with E-state index in [0.717, 1.165) is 0 Å². The van der Waals surface area contributed by atoms with Gasteiger partial charge >= 0.3 is 6.09 Å². The van der Waals surface area contributed by atoms with Gasteiger partial charge in [0.15, 0.2) is 5.78 Å². The largest absolute Gasteiger partial charge is 0.465 e. The fourth-order valence-electron chi connectivity index (χ4n) is 2.55. The fourth-order valence-corrected chi connectivity index (χ4v) is 2.55. The predicted octanol–water partition coefficient (Wildman–Crippen LogP) is 1.26. The lowest BCUT2D eigenvalue weighted by molar-refractivity contribution is 0.0975. The van der Waals surface area contributed by atoms with Crippen molar-refractivity contribution in [1.82, 2.24) is 14.9 Å². The maximum Gasteiger partial charge on any atom is 0.407 e. The average Bonchev–Trinajstić information content (AvgIpc) is 2.37. The van der Waals surface area contributed by atoms with Gasteiger partial charge in [-0.25, -0.2) is 14.8 Å². The molecule has 1 aromatic heterocycles. The first-order valence-electron chi connectivity index (χ1n) is 6.49. The normalized spacial score (nSPS) is 22.8. The van der Waals surface area contributed by atoms with Crippen LogP contribution in [0, 0.1) is 0 Å². The Balaban J connectivity index is 2.15. The maximum atomic E-state index is 11.2.